The molecule has 1 atom stereocenters. The van der Waals surface area contributed by atoms with Crippen LogP contribution in [0.2, 0.25) is 15.1 Å². The predicted octanol–water partition coefficient (Wildman–Crippen LogP) is 4.25. The quantitative estimate of drug-likeness (QED) is 0.192. The molecule has 0 aromatic heterocycles. The van der Waals surface area contributed by atoms with Gasteiger partial charge in [0.15, 0.2) is 11.7 Å². The zero-order valence-electron chi connectivity index (χ0n) is 15.8. The maximum Gasteiger partial charge on any atom is 0.191 e. The summed E-state index contributed by atoms with van der Waals surface area (Å²) in [5, 5.41) is 7.65. The number of nitrogens with one attached hydrogen (secondary N) is 2. The van der Waals surface area contributed by atoms with Gasteiger partial charge in [0, 0.05) is 37.7 Å². The van der Waals surface area contributed by atoms with Gasteiger partial charge in [-0.3, -0.25) is 4.99 Å². The number of guanidine groups is 1. The highest BCUT2D eigenvalue weighted by atomic mass is 127. The smallest absolute Gasteiger partial charge is 0.191 e. The summed E-state index contributed by atoms with van der Waals surface area (Å²) in [5.41, 5.74) is 0. The molecule has 0 bridgehead atoms. The van der Waals surface area contributed by atoms with Crippen molar-refractivity contribution in [2.24, 2.45) is 10.9 Å². The monoisotopic (exact) mass is 565 g/mol. The van der Waals surface area contributed by atoms with Gasteiger partial charge in [-0.25, -0.2) is 0 Å². The Morgan fingerprint density at radius 3 is 2.54 bits per heavy atom. The van der Waals surface area contributed by atoms with Crippen molar-refractivity contribution in [3.05, 3.63) is 27.2 Å². The highest BCUT2D eigenvalue weighted by Gasteiger charge is 2.15. The molecule has 0 saturated carbocycles. The van der Waals surface area contributed by atoms with Crippen LogP contribution >= 0.6 is 58.8 Å². The summed E-state index contributed by atoms with van der Waals surface area (Å²) in [6.07, 6.45) is 2.00. The van der Waals surface area contributed by atoms with E-state index in [0.29, 0.717) is 45.8 Å². The van der Waals surface area contributed by atoms with Gasteiger partial charge in [-0.15, -0.1) is 24.0 Å². The standard InChI is InChI=1S/C18H26Cl3N3O3.HI/c1-22-18(23-4-2-6-25-11-13-3-7-26-12-13)24-5-8-27-17-15(20)9-14(19)10-16(17)21;/h9-10,13H,2-8,11-12H2,1H3,(H2,22,23,24);1H. The van der Waals surface area contributed by atoms with Crippen molar-refractivity contribution < 1.29 is 14.2 Å². The third-order valence-electron chi connectivity index (χ3n) is 3.96. The van der Waals surface area contributed by atoms with E-state index in [0.717, 1.165) is 45.8 Å². The summed E-state index contributed by atoms with van der Waals surface area (Å²) in [6.45, 7) is 4.89. The van der Waals surface area contributed by atoms with Crippen molar-refractivity contribution in [3.63, 3.8) is 0 Å². The maximum absolute atomic E-state index is 6.09. The number of hydrogen-bond acceptors (Lipinski definition) is 4. The fraction of sp³-hybridized carbons (Fsp3) is 0.611. The molecule has 10 heteroatoms. The molecule has 1 saturated heterocycles. The zero-order chi connectivity index (χ0) is 19.5. The van der Waals surface area contributed by atoms with E-state index in [1.807, 2.05) is 0 Å². The summed E-state index contributed by atoms with van der Waals surface area (Å²) < 4.78 is 16.6. The lowest BCUT2D eigenvalue weighted by Gasteiger charge is -2.14. The number of halogens is 4. The number of hydrogen-bond donors (Lipinski definition) is 2. The molecule has 0 amide bonds. The van der Waals surface area contributed by atoms with Crippen LogP contribution in [0.5, 0.6) is 5.75 Å². The van der Waals surface area contributed by atoms with E-state index in [1.54, 1.807) is 19.2 Å². The Bertz CT molecular complexity index is 594. The Morgan fingerprint density at radius 1 is 1.18 bits per heavy atom. The molecule has 0 radical (unpaired) electrons. The molecule has 1 heterocycles. The van der Waals surface area contributed by atoms with E-state index < -0.39 is 0 Å². The lowest BCUT2D eigenvalue weighted by atomic mass is 10.1. The average Bonchev–Trinajstić information content (AvgIpc) is 3.14. The van der Waals surface area contributed by atoms with Crippen molar-refractivity contribution in [1.82, 2.24) is 10.6 Å². The highest BCUT2D eigenvalue weighted by molar-refractivity contribution is 14.0. The van der Waals surface area contributed by atoms with Gasteiger partial charge in [0.25, 0.3) is 0 Å². The van der Waals surface area contributed by atoms with Crippen LogP contribution in [0.25, 0.3) is 0 Å². The molecule has 0 aliphatic carbocycles. The minimum absolute atomic E-state index is 0. The highest BCUT2D eigenvalue weighted by Crippen LogP contribution is 2.35. The van der Waals surface area contributed by atoms with Gasteiger partial charge in [0.2, 0.25) is 0 Å². The lowest BCUT2D eigenvalue weighted by molar-refractivity contribution is 0.0888. The fourth-order valence-corrected chi connectivity index (χ4v) is 3.48. The SMILES string of the molecule is CN=C(NCCCOCC1CCOC1)NCCOc1c(Cl)cc(Cl)cc1Cl.I. The van der Waals surface area contributed by atoms with Crippen LogP contribution in [0.4, 0.5) is 0 Å². The molecule has 0 spiro atoms. The van der Waals surface area contributed by atoms with Crippen LogP contribution in [-0.2, 0) is 9.47 Å². The van der Waals surface area contributed by atoms with Crippen LogP contribution in [0.1, 0.15) is 12.8 Å². The van der Waals surface area contributed by atoms with Crippen molar-refractivity contribution in [2.75, 3.05) is 53.2 Å². The molecule has 2 N–H and O–H groups in total. The van der Waals surface area contributed by atoms with Gasteiger partial charge in [0.1, 0.15) is 6.61 Å². The molecule has 6 nitrogen and oxygen atoms in total. The topological polar surface area (TPSA) is 64.1 Å². The Balaban J connectivity index is 0.00000392. The Morgan fingerprint density at radius 2 is 1.89 bits per heavy atom. The first-order valence-corrected chi connectivity index (χ1v) is 10.1. The molecular formula is C18H27Cl3IN3O3. The summed E-state index contributed by atoms with van der Waals surface area (Å²) in [5.74, 6) is 1.68. The van der Waals surface area contributed by atoms with E-state index >= 15 is 0 Å². The van der Waals surface area contributed by atoms with Gasteiger partial charge in [-0.1, -0.05) is 34.8 Å². The van der Waals surface area contributed by atoms with Crippen molar-refractivity contribution in [1.29, 1.82) is 0 Å². The van der Waals surface area contributed by atoms with Gasteiger partial charge in [-0.2, -0.15) is 0 Å². The molecule has 1 aromatic carbocycles. The molecule has 1 aliphatic heterocycles. The second-order valence-corrected chi connectivity index (χ2v) is 7.38. The molecule has 160 valence electrons. The van der Waals surface area contributed by atoms with Crippen molar-refractivity contribution in [3.8, 4) is 5.75 Å². The first kappa shape index (κ1) is 25.8. The maximum atomic E-state index is 6.09. The summed E-state index contributed by atoms with van der Waals surface area (Å²) in [6, 6.07) is 3.19. The fourth-order valence-electron chi connectivity index (χ4n) is 2.56. The molecule has 1 aliphatic rings. The summed E-state index contributed by atoms with van der Waals surface area (Å²) in [7, 11) is 1.72. The van der Waals surface area contributed by atoms with E-state index in [2.05, 4.69) is 15.6 Å². The molecule has 1 unspecified atom stereocenters. The first-order valence-electron chi connectivity index (χ1n) is 8.97. The normalized spacial score (nSPS) is 16.6. The minimum Gasteiger partial charge on any atom is -0.489 e. The predicted molar refractivity (Wildman–Crippen MR) is 126 cm³/mol. The Labute approximate surface area is 198 Å². The van der Waals surface area contributed by atoms with Crippen LogP contribution < -0.4 is 15.4 Å². The number of ether oxygens (including phenoxy) is 3. The van der Waals surface area contributed by atoms with Gasteiger partial charge >= 0.3 is 0 Å². The van der Waals surface area contributed by atoms with Gasteiger partial charge in [-0.05, 0) is 25.0 Å². The number of aliphatic imine (C=N–C) groups is 1. The van der Waals surface area contributed by atoms with Crippen molar-refractivity contribution in [2.45, 2.75) is 12.8 Å². The van der Waals surface area contributed by atoms with Crippen LogP contribution in [-0.4, -0.2) is 59.1 Å². The lowest BCUT2D eigenvalue weighted by Crippen LogP contribution is -2.40. The number of nitrogens with zero attached hydrogens (tertiary/aromatic N) is 1. The molecule has 2 rings (SSSR count). The first-order chi connectivity index (χ1) is 13.1. The van der Waals surface area contributed by atoms with Gasteiger partial charge in [0.05, 0.1) is 29.8 Å². The minimum atomic E-state index is 0. The molecular weight excluding hydrogens is 539 g/mol. The Hall–Kier alpha value is -0.190. The van der Waals surface area contributed by atoms with Crippen LogP contribution in [0.15, 0.2) is 17.1 Å². The zero-order valence-corrected chi connectivity index (χ0v) is 20.4. The van der Waals surface area contributed by atoms with Gasteiger partial charge < -0.3 is 24.8 Å². The second-order valence-electron chi connectivity index (χ2n) is 6.13. The molecule has 28 heavy (non-hydrogen) atoms. The Kier molecular flexibility index (Phi) is 13.6. The van der Waals surface area contributed by atoms with Crippen molar-refractivity contribution >= 4 is 64.7 Å². The third-order valence-corrected chi connectivity index (χ3v) is 4.74. The van der Waals surface area contributed by atoms with E-state index in [9.17, 15) is 0 Å². The summed E-state index contributed by atoms with van der Waals surface area (Å²) in [4.78, 5) is 4.17. The van der Waals surface area contributed by atoms with Crippen LogP contribution in [0, 0.1) is 5.92 Å². The number of benzene rings is 1. The summed E-state index contributed by atoms with van der Waals surface area (Å²) >= 11 is 18.1. The molecule has 1 aromatic rings. The second kappa shape index (κ2) is 14.7. The third kappa shape index (κ3) is 9.54. The van der Waals surface area contributed by atoms with E-state index in [-0.39, 0.29) is 24.0 Å². The number of rotatable bonds is 10. The average molecular weight is 567 g/mol. The van der Waals surface area contributed by atoms with E-state index in [4.69, 9.17) is 49.0 Å². The largest absolute Gasteiger partial charge is 0.489 e. The van der Waals surface area contributed by atoms with Crippen LogP contribution in [0.3, 0.4) is 0 Å². The molecule has 1 fully saturated rings. The van der Waals surface area contributed by atoms with E-state index in [1.165, 1.54) is 0 Å².